The lowest BCUT2D eigenvalue weighted by Gasteiger charge is -2.20. The number of hydrogen-bond acceptors (Lipinski definition) is 6. The molecule has 2 aromatic carbocycles. The van der Waals surface area contributed by atoms with Crippen LogP contribution in [0.3, 0.4) is 0 Å². The first-order valence-corrected chi connectivity index (χ1v) is 10.9. The van der Waals surface area contributed by atoms with E-state index in [4.69, 9.17) is 9.47 Å². The number of aromatic nitrogens is 1. The van der Waals surface area contributed by atoms with E-state index in [-0.39, 0.29) is 29.4 Å². The van der Waals surface area contributed by atoms with E-state index in [1.165, 1.54) is 43.5 Å². The van der Waals surface area contributed by atoms with Gasteiger partial charge in [-0.3, -0.25) is 14.5 Å². The minimum atomic E-state index is -3.04. The van der Waals surface area contributed by atoms with Crippen molar-refractivity contribution in [2.24, 2.45) is 0 Å². The number of nitrogens with zero attached hydrogens (tertiary/aromatic N) is 2. The van der Waals surface area contributed by atoms with E-state index >= 15 is 8.78 Å². The number of carbonyl (C=O) groups is 2. The molecule has 1 aliphatic heterocycles. The van der Waals surface area contributed by atoms with Crippen molar-refractivity contribution in [1.29, 1.82) is 0 Å². The summed E-state index contributed by atoms with van der Waals surface area (Å²) in [6, 6.07) is 8.37. The van der Waals surface area contributed by atoms with Crippen molar-refractivity contribution in [2.75, 3.05) is 25.7 Å². The molecule has 1 saturated heterocycles. The quantitative estimate of drug-likeness (QED) is 0.454. The Labute approximate surface area is 208 Å². The summed E-state index contributed by atoms with van der Waals surface area (Å²) in [4.78, 5) is 31.7. The van der Waals surface area contributed by atoms with Gasteiger partial charge >= 0.3 is 6.61 Å². The van der Waals surface area contributed by atoms with Crippen LogP contribution in [0, 0.1) is 11.6 Å². The fourth-order valence-electron chi connectivity index (χ4n) is 4.08. The normalized spacial score (nSPS) is 17.2. The average molecular weight is 519 g/mol. The molecule has 1 aliphatic rings. The second-order valence-corrected chi connectivity index (χ2v) is 7.97. The molecule has 194 valence electrons. The Hall–Kier alpha value is -4.35. The minimum Gasteiger partial charge on any atom is -0.497 e. The average Bonchev–Trinajstić information content (AvgIpc) is 3.19. The number of alkyl halides is 2. The van der Waals surface area contributed by atoms with Crippen LogP contribution in [0.2, 0.25) is 0 Å². The van der Waals surface area contributed by atoms with Crippen molar-refractivity contribution in [3.05, 3.63) is 77.5 Å². The van der Waals surface area contributed by atoms with E-state index in [2.05, 4.69) is 15.0 Å². The van der Waals surface area contributed by atoms with Crippen LogP contribution in [-0.4, -0.2) is 50.2 Å². The van der Waals surface area contributed by atoms with Crippen molar-refractivity contribution in [3.63, 3.8) is 0 Å². The number of ether oxygens (including phenoxy) is 3. The smallest absolute Gasteiger partial charge is 0.387 e. The van der Waals surface area contributed by atoms with Crippen molar-refractivity contribution in [1.82, 2.24) is 10.3 Å². The number of benzene rings is 2. The van der Waals surface area contributed by atoms with E-state index in [9.17, 15) is 18.4 Å². The van der Waals surface area contributed by atoms with E-state index in [1.54, 1.807) is 6.07 Å². The first kappa shape index (κ1) is 25.7. The maximum atomic E-state index is 15.0. The minimum absolute atomic E-state index is 0.0156. The second-order valence-electron chi connectivity index (χ2n) is 7.97. The van der Waals surface area contributed by atoms with Crippen LogP contribution in [0.4, 0.5) is 23.4 Å². The molecule has 2 amide bonds. The summed E-state index contributed by atoms with van der Waals surface area (Å²) in [5.74, 6) is -4.14. The summed E-state index contributed by atoms with van der Waals surface area (Å²) in [5, 5.41) is 2.52. The Morgan fingerprint density at radius 1 is 1.00 bits per heavy atom. The highest BCUT2D eigenvalue weighted by atomic mass is 19.3. The predicted octanol–water partition coefficient (Wildman–Crippen LogP) is 3.91. The Morgan fingerprint density at radius 3 is 2.24 bits per heavy atom. The Morgan fingerprint density at radius 2 is 1.65 bits per heavy atom. The summed E-state index contributed by atoms with van der Waals surface area (Å²) >= 11 is 0. The van der Waals surface area contributed by atoms with Crippen LogP contribution in [0.5, 0.6) is 17.2 Å². The summed E-state index contributed by atoms with van der Waals surface area (Å²) in [6.45, 7) is -3.24. The molecule has 8 nitrogen and oxygen atoms in total. The number of methoxy groups -OCH3 is 2. The SMILES string of the molecule is COc1ccnc(N2C[C@@H](c3c(F)cc(OC)cc3F)C(NC(=O)c3ccc(OC(F)F)cc3)C2=O)c1. The maximum Gasteiger partial charge on any atom is 0.387 e. The van der Waals surface area contributed by atoms with E-state index in [1.807, 2.05) is 0 Å². The number of nitrogens with one attached hydrogen (secondary N) is 1. The highest BCUT2D eigenvalue weighted by molar-refractivity contribution is 6.04. The third-order valence-electron chi connectivity index (χ3n) is 5.83. The van der Waals surface area contributed by atoms with Gasteiger partial charge < -0.3 is 19.5 Å². The molecule has 1 aromatic heterocycles. The zero-order valence-electron chi connectivity index (χ0n) is 19.6. The number of carbonyl (C=O) groups excluding carboxylic acids is 2. The topological polar surface area (TPSA) is 90.0 Å². The lowest BCUT2D eigenvalue weighted by Crippen LogP contribution is -2.44. The summed E-state index contributed by atoms with van der Waals surface area (Å²) < 4.78 is 69.2. The fraction of sp³-hybridized carbons (Fsp3) is 0.240. The van der Waals surface area contributed by atoms with Gasteiger partial charge in [0.25, 0.3) is 11.8 Å². The highest BCUT2D eigenvalue weighted by Gasteiger charge is 2.45. The highest BCUT2D eigenvalue weighted by Crippen LogP contribution is 2.36. The molecular formula is C25H21F4N3O5. The number of halogens is 4. The lowest BCUT2D eigenvalue weighted by atomic mass is 9.92. The van der Waals surface area contributed by atoms with Crippen molar-refractivity contribution >= 4 is 17.6 Å². The molecule has 0 saturated carbocycles. The maximum absolute atomic E-state index is 15.0. The third-order valence-corrected chi connectivity index (χ3v) is 5.83. The van der Waals surface area contributed by atoms with E-state index < -0.39 is 47.6 Å². The molecule has 37 heavy (non-hydrogen) atoms. The predicted molar refractivity (Wildman–Crippen MR) is 123 cm³/mol. The molecule has 1 fully saturated rings. The molecule has 2 heterocycles. The van der Waals surface area contributed by atoms with E-state index in [0.717, 1.165) is 24.3 Å². The van der Waals surface area contributed by atoms with Crippen molar-refractivity contribution < 1.29 is 41.4 Å². The molecule has 0 spiro atoms. The van der Waals surface area contributed by atoms with Crippen molar-refractivity contribution in [2.45, 2.75) is 18.6 Å². The summed E-state index contributed by atoms with van der Waals surface area (Å²) in [7, 11) is 2.68. The number of anilines is 1. The molecule has 2 atom stereocenters. The summed E-state index contributed by atoms with van der Waals surface area (Å²) in [5.41, 5.74) is -0.396. The molecule has 3 aromatic rings. The number of rotatable bonds is 8. The Bertz CT molecular complexity index is 1280. The molecule has 0 aliphatic carbocycles. The summed E-state index contributed by atoms with van der Waals surface area (Å²) in [6.07, 6.45) is 1.40. The van der Waals surface area contributed by atoms with Gasteiger partial charge in [-0.15, -0.1) is 0 Å². The van der Waals surface area contributed by atoms with Gasteiger partial charge in [0.1, 0.15) is 40.7 Å². The van der Waals surface area contributed by atoms with Crippen LogP contribution < -0.4 is 24.4 Å². The van der Waals surface area contributed by atoms with Gasteiger partial charge in [0.15, 0.2) is 0 Å². The largest absolute Gasteiger partial charge is 0.497 e. The monoisotopic (exact) mass is 519 g/mol. The standard InChI is InChI=1S/C25H21F4N3O5/c1-35-15-7-8-30-20(11-15)32-12-17(21-18(26)9-16(36-2)10-19(21)27)22(24(32)34)31-23(33)13-3-5-14(6-4-13)37-25(28)29/h3-11,17,22,25H,12H2,1-2H3,(H,31,33)/t17-,22?/m0/s1. The molecule has 1 N–H and O–H groups in total. The van der Waals surface area contributed by atoms with Crippen LogP contribution in [0.15, 0.2) is 54.7 Å². The van der Waals surface area contributed by atoms with Gasteiger partial charge in [-0.05, 0) is 30.3 Å². The number of amides is 2. The van der Waals surface area contributed by atoms with E-state index in [0.29, 0.717) is 5.75 Å². The number of pyridine rings is 1. The van der Waals surface area contributed by atoms with Crippen LogP contribution in [-0.2, 0) is 4.79 Å². The molecule has 0 radical (unpaired) electrons. The van der Waals surface area contributed by atoms with Gasteiger partial charge in [-0.25, -0.2) is 13.8 Å². The van der Waals surface area contributed by atoms with Gasteiger partial charge in [-0.2, -0.15) is 8.78 Å². The van der Waals surface area contributed by atoms with Crippen LogP contribution >= 0.6 is 0 Å². The Kier molecular flexibility index (Phi) is 7.46. The zero-order valence-corrected chi connectivity index (χ0v) is 19.6. The fourth-order valence-corrected chi connectivity index (χ4v) is 4.08. The second kappa shape index (κ2) is 10.7. The zero-order chi connectivity index (χ0) is 26.7. The van der Waals surface area contributed by atoms with Gasteiger partial charge in [0.05, 0.1) is 14.2 Å². The first-order chi connectivity index (χ1) is 17.7. The molecular weight excluding hydrogens is 498 g/mol. The molecule has 1 unspecified atom stereocenters. The van der Waals surface area contributed by atoms with Crippen LogP contribution in [0.1, 0.15) is 21.8 Å². The van der Waals surface area contributed by atoms with Gasteiger partial charge in [-0.1, -0.05) is 0 Å². The van der Waals surface area contributed by atoms with Gasteiger partial charge in [0, 0.05) is 48.0 Å². The molecule has 4 rings (SSSR count). The first-order valence-electron chi connectivity index (χ1n) is 10.9. The Balaban J connectivity index is 1.68. The number of hydrogen-bond donors (Lipinski definition) is 1. The lowest BCUT2D eigenvalue weighted by molar-refractivity contribution is -0.118. The third kappa shape index (κ3) is 5.42. The molecule has 12 heteroatoms. The van der Waals surface area contributed by atoms with Crippen LogP contribution in [0.25, 0.3) is 0 Å². The van der Waals surface area contributed by atoms with Crippen molar-refractivity contribution in [3.8, 4) is 17.2 Å². The van der Waals surface area contributed by atoms with Gasteiger partial charge in [0.2, 0.25) is 0 Å². The molecule has 0 bridgehead atoms.